The van der Waals surface area contributed by atoms with E-state index in [9.17, 15) is 20.5 Å². The van der Waals surface area contributed by atoms with Gasteiger partial charge in [0, 0.05) is 22.7 Å². The SMILES string of the molecule is CCOc1cc([N+](=O)[O-])cc(/C=N/c2sc3c(c2C#N)CCCC3)c1O. The number of phenols is 1. The zero-order valence-electron chi connectivity index (χ0n) is 14.2. The van der Waals surface area contributed by atoms with E-state index in [1.54, 1.807) is 6.92 Å². The molecule has 1 heterocycles. The molecule has 1 aromatic heterocycles. The van der Waals surface area contributed by atoms with E-state index in [0.29, 0.717) is 10.6 Å². The molecule has 8 heteroatoms. The molecule has 1 N–H and O–H groups in total. The van der Waals surface area contributed by atoms with E-state index in [1.165, 1.54) is 34.6 Å². The number of nitro benzene ring substituents is 1. The normalized spacial score (nSPS) is 13.4. The summed E-state index contributed by atoms with van der Waals surface area (Å²) in [5.74, 6) is -0.171. The van der Waals surface area contributed by atoms with Gasteiger partial charge in [-0.1, -0.05) is 0 Å². The molecule has 0 saturated heterocycles. The van der Waals surface area contributed by atoms with Crippen LogP contribution in [-0.2, 0) is 12.8 Å². The number of benzene rings is 1. The summed E-state index contributed by atoms with van der Waals surface area (Å²) in [6.07, 6.45) is 5.33. The van der Waals surface area contributed by atoms with Crippen LogP contribution >= 0.6 is 11.3 Å². The van der Waals surface area contributed by atoms with Gasteiger partial charge >= 0.3 is 0 Å². The largest absolute Gasteiger partial charge is 0.504 e. The minimum absolute atomic E-state index is 0.0362. The van der Waals surface area contributed by atoms with Crippen LogP contribution in [0.3, 0.4) is 0 Å². The molecule has 26 heavy (non-hydrogen) atoms. The lowest BCUT2D eigenvalue weighted by atomic mass is 9.96. The van der Waals surface area contributed by atoms with Crippen LogP contribution in [0.4, 0.5) is 10.7 Å². The maximum absolute atomic E-state index is 11.1. The number of nitro groups is 1. The lowest BCUT2D eigenvalue weighted by Gasteiger charge is -2.09. The first-order valence-corrected chi connectivity index (χ1v) is 9.09. The molecule has 0 bridgehead atoms. The van der Waals surface area contributed by atoms with Gasteiger partial charge in [-0.15, -0.1) is 11.3 Å². The molecule has 0 saturated carbocycles. The first-order valence-electron chi connectivity index (χ1n) is 8.28. The minimum atomic E-state index is -0.552. The molecule has 3 rings (SSSR count). The molecule has 2 aromatic rings. The molecule has 7 nitrogen and oxygen atoms in total. The number of thiophene rings is 1. The second kappa shape index (κ2) is 7.54. The van der Waals surface area contributed by atoms with Gasteiger partial charge in [-0.3, -0.25) is 10.1 Å². The van der Waals surface area contributed by atoms with Gasteiger partial charge in [-0.05, 0) is 38.2 Å². The molecule has 0 atom stereocenters. The van der Waals surface area contributed by atoms with Crippen molar-refractivity contribution in [3.8, 4) is 17.6 Å². The van der Waals surface area contributed by atoms with Crippen molar-refractivity contribution in [2.75, 3.05) is 6.61 Å². The summed E-state index contributed by atoms with van der Waals surface area (Å²) in [6, 6.07) is 4.64. The molecule has 0 aliphatic heterocycles. The molecule has 0 radical (unpaired) electrons. The molecule has 0 fully saturated rings. The summed E-state index contributed by atoms with van der Waals surface area (Å²) in [7, 11) is 0. The van der Waals surface area contributed by atoms with Crippen molar-refractivity contribution >= 4 is 28.2 Å². The number of rotatable bonds is 5. The molecule has 0 unspecified atom stereocenters. The van der Waals surface area contributed by atoms with Gasteiger partial charge in [-0.25, -0.2) is 4.99 Å². The van der Waals surface area contributed by atoms with E-state index in [0.717, 1.165) is 31.2 Å². The van der Waals surface area contributed by atoms with Crippen molar-refractivity contribution in [1.29, 1.82) is 5.26 Å². The Hall–Kier alpha value is -2.92. The summed E-state index contributed by atoms with van der Waals surface area (Å²) < 4.78 is 5.27. The van der Waals surface area contributed by atoms with Crippen LogP contribution in [0.1, 0.15) is 41.3 Å². The van der Waals surface area contributed by atoms with E-state index < -0.39 is 4.92 Å². The third-order valence-corrected chi connectivity index (χ3v) is 5.39. The fraction of sp³-hybridized carbons (Fsp3) is 0.333. The molecule has 1 aliphatic carbocycles. The second-order valence-electron chi connectivity index (χ2n) is 5.83. The van der Waals surface area contributed by atoms with Gasteiger partial charge in [0.05, 0.1) is 23.2 Å². The average molecular weight is 371 g/mol. The van der Waals surface area contributed by atoms with Crippen molar-refractivity contribution in [3.05, 3.63) is 43.8 Å². The Balaban J connectivity index is 2.02. The van der Waals surface area contributed by atoms with E-state index >= 15 is 0 Å². The van der Waals surface area contributed by atoms with Crippen LogP contribution < -0.4 is 4.74 Å². The topological polar surface area (TPSA) is 109 Å². The molecule has 1 aromatic carbocycles. The molecule has 0 amide bonds. The Morgan fingerprint density at radius 2 is 2.23 bits per heavy atom. The highest BCUT2D eigenvalue weighted by molar-refractivity contribution is 7.16. The Morgan fingerprint density at radius 3 is 2.92 bits per heavy atom. The third kappa shape index (κ3) is 3.39. The first kappa shape index (κ1) is 17.9. The number of aromatic hydroxyl groups is 1. The Kier molecular flexibility index (Phi) is 5.19. The predicted octanol–water partition coefficient (Wildman–Crippen LogP) is 4.26. The summed E-state index contributed by atoms with van der Waals surface area (Å²) in [6.45, 7) is 1.99. The maximum atomic E-state index is 11.1. The number of nitrogens with zero attached hydrogens (tertiary/aromatic N) is 3. The number of hydrogen-bond acceptors (Lipinski definition) is 7. The van der Waals surface area contributed by atoms with E-state index in [-0.39, 0.29) is 29.4 Å². The summed E-state index contributed by atoms with van der Waals surface area (Å²) in [5.41, 5.74) is 1.61. The summed E-state index contributed by atoms with van der Waals surface area (Å²) >= 11 is 1.47. The van der Waals surface area contributed by atoms with Crippen LogP contribution in [0.15, 0.2) is 17.1 Å². The summed E-state index contributed by atoms with van der Waals surface area (Å²) in [5, 5.41) is 31.4. The monoisotopic (exact) mass is 371 g/mol. The second-order valence-corrected chi connectivity index (χ2v) is 6.92. The van der Waals surface area contributed by atoms with E-state index in [1.807, 2.05) is 0 Å². The Bertz CT molecular complexity index is 927. The number of hydrogen-bond donors (Lipinski definition) is 1. The van der Waals surface area contributed by atoms with Crippen molar-refractivity contribution in [3.63, 3.8) is 0 Å². The van der Waals surface area contributed by atoms with Crippen molar-refractivity contribution in [1.82, 2.24) is 0 Å². The zero-order valence-corrected chi connectivity index (χ0v) is 15.0. The highest BCUT2D eigenvalue weighted by Crippen LogP contribution is 2.40. The van der Waals surface area contributed by atoms with Crippen molar-refractivity contribution in [2.45, 2.75) is 32.6 Å². The fourth-order valence-corrected chi connectivity index (χ4v) is 4.15. The van der Waals surface area contributed by atoms with Gasteiger partial charge in [-0.2, -0.15) is 5.26 Å². The average Bonchev–Trinajstić information content (AvgIpc) is 2.99. The smallest absolute Gasteiger partial charge is 0.274 e. The van der Waals surface area contributed by atoms with Crippen LogP contribution in [0, 0.1) is 21.4 Å². The van der Waals surface area contributed by atoms with Crippen LogP contribution in [0.5, 0.6) is 11.5 Å². The van der Waals surface area contributed by atoms with Crippen LogP contribution in [-0.4, -0.2) is 22.9 Å². The predicted molar refractivity (Wildman–Crippen MR) is 98.9 cm³/mol. The molecule has 0 spiro atoms. The zero-order chi connectivity index (χ0) is 18.7. The highest BCUT2D eigenvalue weighted by Gasteiger charge is 2.21. The third-order valence-electron chi connectivity index (χ3n) is 4.19. The lowest BCUT2D eigenvalue weighted by Crippen LogP contribution is -1.99. The molecule has 1 aliphatic rings. The number of ether oxygens (including phenoxy) is 1. The molecular formula is C18H17N3O4S. The van der Waals surface area contributed by atoms with E-state index in [4.69, 9.17) is 4.74 Å². The van der Waals surface area contributed by atoms with Crippen LogP contribution in [0.25, 0.3) is 0 Å². The maximum Gasteiger partial charge on any atom is 0.274 e. The van der Waals surface area contributed by atoms with Crippen molar-refractivity contribution < 1.29 is 14.8 Å². The number of fused-ring (bicyclic) bond motifs is 1. The molecule has 134 valence electrons. The fourth-order valence-electron chi connectivity index (χ4n) is 2.97. The standard InChI is InChI=1S/C18H17N3O4S/c1-2-25-15-8-12(21(23)24)7-11(17(15)22)10-20-18-14(9-19)13-5-3-4-6-16(13)26-18/h7-8,10,22H,2-6H2,1H3/b20-10+. The number of aliphatic imine (C=N–C) groups is 1. The number of non-ortho nitro benzene ring substituents is 1. The van der Waals surface area contributed by atoms with Gasteiger partial charge in [0.25, 0.3) is 5.69 Å². The lowest BCUT2D eigenvalue weighted by molar-refractivity contribution is -0.385. The quantitative estimate of drug-likeness (QED) is 0.480. The Labute approximate surface area is 154 Å². The Morgan fingerprint density at radius 1 is 1.46 bits per heavy atom. The van der Waals surface area contributed by atoms with Gasteiger partial charge in [0.1, 0.15) is 11.1 Å². The van der Waals surface area contributed by atoms with Crippen molar-refractivity contribution in [2.24, 2.45) is 4.99 Å². The molecular weight excluding hydrogens is 354 g/mol. The van der Waals surface area contributed by atoms with Gasteiger partial charge < -0.3 is 9.84 Å². The van der Waals surface area contributed by atoms with Crippen LogP contribution in [0.2, 0.25) is 0 Å². The first-order chi connectivity index (χ1) is 12.5. The number of aryl methyl sites for hydroxylation is 1. The number of phenolic OH excluding ortho intramolecular Hbond substituents is 1. The highest BCUT2D eigenvalue weighted by atomic mass is 32.1. The summed E-state index contributed by atoms with van der Waals surface area (Å²) in [4.78, 5) is 16.1. The number of nitriles is 1. The van der Waals surface area contributed by atoms with E-state index in [2.05, 4.69) is 11.1 Å². The minimum Gasteiger partial charge on any atom is -0.504 e. The van der Waals surface area contributed by atoms with Gasteiger partial charge in [0.2, 0.25) is 0 Å². The van der Waals surface area contributed by atoms with Gasteiger partial charge in [0.15, 0.2) is 11.5 Å².